The Morgan fingerprint density at radius 1 is 1.02 bits per heavy atom. The second kappa shape index (κ2) is 11.4. The molecule has 0 aliphatic rings. The van der Waals surface area contributed by atoms with Gasteiger partial charge in [0.05, 0.1) is 41.3 Å². The Labute approximate surface area is 237 Å². The summed E-state index contributed by atoms with van der Waals surface area (Å²) in [4.78, 5) is 47.6. The number of esters is 2. The summed E-state index contributed by atoms with van der Waals surface area (Å²) in [5, 5.41) is 12.3. The van der Waals surface area contributed by atoms with Crippen molar-refractivity contribution in [3.8, 4) is 29.0 Å². The summed E-state index contributed by atoms with van der Waals surface area (Å²) >= 11 is 0.922. The van der Waals surface area contributed by atoms with Gasteiger partial charge in [-0.25, -0.2) is 19.6 Å². The molecule has 1 aromatic carbocycles. The third-order valence-electron chi connectivity index (χ3n) is 6.02. The van der Waals surface area contributed by atoms with Gasteiger partial charge >= 0.3 is 11.9 Å². The lowest BCUT2D eigenvalue weighted by Gasteiger charge is -2.13. The number of ether oxygens (including phenoxy) is 2. The van der Waals surface area contributed by atoms with Gasteiger partial charge in [0.15, 0.2) is 17.6 Å². The van der Waals surface area contributed by atoms with Crippen LogP contribution in [0.3, 0.4) is 0 Å². The molecule has 5 aromatic rings. The molecule has 4 heterocycles. The predicted octanol–water partition coefficient (Wildman–Crippen LogP) is 5.75. The molecule has 1 amide bonds. The molecule has 41 heavy (non-hydrogen) atoms. The van der Waals surface area contributed by atoms with E-state index in [1.54, 1.807) is 44.2 Å². The zero-order chi connectivity index (χ0) is 29.1. The Bertz CT molecular complexity index is 1800. The average Bonchev–Trinajstić information content (AvgIpc) is 3.74. The van der Waals surface area contributed by atoms with Crippen LogP contribution in [-0.4, -0.2) is 40.5 Å². The minimum Gasteiger partial charge on any atom is -0.463 e. The summed E-state index contributed by atoms with van der Waals surface area (Å²) in [6, 6.07) is 13.6. The van der Waals surface area contributed by atoms with E-state index in [9.17, 15) is 19.6 Å². The molecule has 4 aromatic heterocycles. The Morgan fingerprint density at radius 2 is 1.68 bits per heavy atom. The number of carbonyl (C=O) groups excluding carboxylic acids is 3. The summed E-state index contributed by atoms with van der Waals surface area (Å²) < 4.78 is 21.5. The van der Waals surface area contributed by atoms with Crippen molar-refractivity contribution >= 4 is 45.2 Å². The molecule has 5 rings (SSSR count). The Morgan fingerprint density at radius 3 is 2.27 bits per heavy atom. The standard InChI is InChI=1S/C29H22N4O7S/c1-4-37-29(36)25-15(2)18(14-30)27(41-25)33-26(34)16(3)40-28(35)17-9-10-19-20(13-17)32-24(22-8-6-12-39-22)23(31-19)21-7-5-11-38-21/h5-13,16H,4H2,1-3H3,(H,33,34). The first-order chi connectivity index (χ1) is 19.8. The first-order valence-corrected chi connectivity index (χ1v) is 13.2. The second-order valence-electron chi connectivity index (χ2n) is 8.71. The number of furan rings is 2. The van der Waals surface area contributed by atoms with Gasteiger partial charge in [0.25, 0.3) is 5.91 Å². The molecule has 1 unspecified atom stereocenters. The SMILES string of the molecule is CCOC(=O)c1sc(NC(=O)C(C)OC(=O)c2ccc3nc(-c4ccco4)c(-c4ccco4)nc3c2)c(C#N)c1C. The number of rotatable bonds is 8. The van der Waals surface area contributed by atoms with Gasteiger partial charge in [-0.05, 0) is 68.8 Å². The van der Waals surface area contributed by atoms with Gasteiger partial charge in [-0.2, -0.15) is 5.26 Å². The number of aromatic nitrogens is 2. The van der Waals surface area contributed by atoms with Crippen molar-refractivity contribution in [2.75, 3.05) is 11.9 Å². The molecule has 12 heteroatoms. The molecular weight excluding hydrogens is 548 g/mol. The molecule has 0 bridgehead atoms. The molecular formula is C29H22N4O7S. The highest BCUT2D eigenvalue weighted by molar-refractivity contribution is 7.18. The third kappa shape index (κ3) is 5.43. The summed E-state index contributed by atoms with van der Waals surface area (Å²) in [5.74, 6) is -1.05. The van der Waals surface area contributed by atoms with Crippen LogP contribution in [0.5, 0.6) is 0 Å². The maximum atomic E-state index is 13.0. The summed E-state index contributed by atoms with van der Waals surface area (Å²) in [6.07, 6.45) is 1.83. The number of fused-ring (bicyclic) bond motifs is 1. The number of hydrogen-bond donors (Lipinski definition) is 1. The van der Waals surface area contributed by atoms with E-state index < -0.39 is 23.9 Å². The van der Waals surface area contributed by atoms with Gasteiger partial charge in [0.2, 0.25) is 0 Å². The molecule has 0 radical (unpaired) electrons. The van der Waals surface area contributed by atoms with E-state index >= 15 is 0 Å². The van der Waals surface area contributed by atoms with Crippen molar-refractivity contribution in [2.45, 2.75) is 26.9 Å². The van der Waals surface area contributed by atoms with E-state index in [4.69, 9.17) is 18.3 Å². The largest absolute Gasteiger partial charge is 0.463 e. The lowest BCUT2D eigenvalue weighted by atomic mass is 10.1. The maximum Gasteiger partial charge on any atom is 0.348 e. The van der Waals surface area contributed by atoms with E-state index in [2.05, 4.69) is 15.3 Å². The van der Waals surface area contributed by atoms with Gasteiger partial charge < -0.3 is 23.6 Å². The van der Waals surface area contributed by atoms with Gasteiger partial charge in [-0.3, -0.25) is 4.79 Å². The van der Waals surface area contributed by atoms with Gasteiger partial charge in [-0.15, -0.1) is 11.3 Å². The summed E-state index contributed by atoms with van der Waals surface area (Å²) in [7, 11) is 0. The molecule has 0 fully saturated rings. The lowest BCUT2D eigenvalue weighted by Crippen LogP contribution is -2.30. The van der Waals surface area contributed by atoms with Crippen LogP contribution in [0.1, 0.15) is 45.0 Å². The van der Waals surface area contributed by atoms with Gasteiger partial charge in [0, 0.05) is 0 Å². The van der Waals surface area contributed by atoms with Crippen LogP contribution in [0.4, 0.5) is 5.00 Å². The van der Waals surface area contributed by atoms with E-state index in [0.29, 0.717) is 39.5 Å². The molecule has 0 aliphatic heterocycles. The number of amides is 1. The minimum absolute atomic E-state index is 0.138. The number of nitrogens with one attached hydrogen (secondary N) is 1. The predicted molar refractivity (Wildman–Crippen MR) is 148 cm³/mol. The number of hydrogen-bond acceptors (Lipinski definition) is 11. The number of thiophene rings is 1. The van der Waals surface area contributed by atoms with Crippen LogP contribution >= 0.6 is 11.3 Å². The van der Waals surface area contributed by atoms with E-state index in [-0.39, 0.29) is 27.6 Å². The number of carbonyl (C=O) groups is 3. The Hall–Kier alpha value is -5.28. The molecule has 0 saturated heterocycles. The zero-order valence-electron chi connectivity index (χ0n) is 22.1. The van der Waals surface area contributed by atoms with Crippen molar-refractivity contribution in [1.29, 1.82) is 5.26 Å². The third-order valence-corrected chi connectivity index (χ3v) is 7.21. The summed E-state index contributed by atoms with van der Waals surface area (Å²) in [5.41, 5.74) is 2.50. The lowest BCUT2D eigenvalue weighted by molar-refractivity contribution is -0.123. The molecule has 206 valence electrons. The van der Waals surface area contributed by atoms with Crippen LogP contribution in [0, 0.1) is 18.3 Å². The number of nitrogens with zero attached hydrogens (tertiary/aromatic N) is 3. The van der Waals surface area contributed by atoms with Crippen molar-refractivity contribution in [3.63, 3.8) is 0 Å². The monoisotopic (exact) mass is 570 g/mol. The number of anilines is 1. The van der Waals surface area contributed by atoms with Crippen molar-refractivity contribution < 1.29 is 32.7 Å². The van der Waals surface area contributed by atoms with Gasteiger partial charge in [-0.1, -0.05) is 0 Å². The highest BCUT2D eigenvalue weighted by atomic mass is 32.1. The van der Waals surface area contributed by atoms with E-state index in [1.807, 2.05) is 6.07 Å². The van der Waals surface area contributed by atoms with Crippen LogP contribution < -0.4 is 5.32 Å². The quantitative estimate of drug-likeness (QED) is 0.228. The molecule has 1 N–H and O–H groups in total. The van der Waals surface area contributed by atoms with Crippen molar-refractivity contribution in [1.82, 2.24) is 9.97 Å². The van der Waals surface area contributed by atoms with Crippen LogP contribution in [-0.2, 0) is 14.3 Å². The fraction of sp³-hybridized carbons (Fsp3) is 0.172. The van der Waals surface area contributed by atoms with E-state index in [1.165, 1.54) is 31.6 Å². The number of nitriles is 1. The highest BCUT2D eigenvalue weighted by Gasteiger charge is 2.26. The summed E-state index contributed by atoms with van der Waals surface area (Å²) in [6.45, 7) is 4.83. The van der Waals surface area contributed by atoms with Gasteiger partial charge in [0.1, 0.15) is 27.3 Å². The maximum absolute atomic E-state index is 13.0. The Balaban J connectivity index is 1.36. The molecule has 0 aliphatic carbocycles. The average molecular weight is 571 g/mol. The normalized spacial score (nSPS) is 11.6. The fourth-order valence-electron chi connectivity index (χ4n) is 3.97. The van der Waals surface area contributed by atoms with Crippen molar-refractivity contribution in [2.24, 2.45) is 0 Å². The molecule has 0 saturated carbocycles. The topological polar surface area (TPSA) is 158 Å². The van der Waals surface area contributed by atoms with Crippen LogP contribution in [0.25, 0.3) is 33.9 Å². The fourth-order valence-corrected chi connectivity index (χ4v) is 5.03. The molecule has 1 atom stereocenters. The zero-order valence-corrected chi connectivity index (χ0v) is 22.9. The first-order valence-electron chi connectivity index (χ1n) is 12.4. The smallest absolute Gasteiger partial charge is 0.348 e. The van der Waals surface area contributed by atoms with Crippen molar-refractivity contribution in [3.05, 3.63) is 76.6 Å². The molecule has 0 spiro atoms. The first kappa shape index (κ1) is 27.3. The van der Waals surface area contributed by atoms with E-state index in [0.717, 1.165) is 11.3 Å². The molecule has 11 nitrogen and oxygen atoms in total. The Kier molecular flexibility index (Phi) is 7.62. The second-order valence-corrected chi connectivity index (χ2v) is 9.73. The van der Waals surface area contributed by atoms with Crippen LogP contribution in [0.15, 0.2) is 63.8 Å². The number of benzene rings is 1. The minimum atomic E-state index is -1.22. The highest BCUT2D eigenvalue weighted by Crippen LogP contribution is 2.34. The van der Waals surface area contributed by atoms with Crippen LogP contribution in [0.2, 0.25) is 0 Å².